The van der Waals surface area contributed by atoms with Crippen LogP contribution in [0.4, 0.5) is 21.0 Å². The molecule has 4 N–H and O–H groups in total. The number of benzene rings is 3. The molecule has 13 nitrogen and oxygen atoms in total. The number of urea groups is 1. The van der Waals surface area contributed by atoms with Crippen LogP contribution in [0.1, 0.15) is 49.4 Å². The molecule has 13 heteroatoms. The minimum absolute atomic E-state index is 0.0719. The molecule has 0 aliphatic rings. The Labute approximate surface area is 332 Å². The van der Waals surface area contributed by atoms with Crippen molar-refractivity contribution in [1.82, 2.24) is 5.32 Å². The van der Waals surface area contributed by atoms with Gasteiger partial charge in [0.2, 0.25) is 0 Å². The Kier molecular flexibility index (Phi) is 21.4. The normalized spacial score (nSPS) is 9.37. The van der Waals surface area contributed by atoms with E-state index in [9.17, 15) is 24.3 Å². The number of carbonyl (C=O) groups excluding carboxylic acids is 3. The van der Waals surface area contributed by atoms with Crippen molar-refractivity contribution in [3.8, 4) is 78.4 Å². The number of carboxylic acid groups (broad SMARTS) is 1. The van der Waals surface area contributed by atoms with E-state index in [1.54, 1.807) is 112 Å². The van der Waals surface area contributed by atoms with Gasteiger partial charge in [0.25, 0.3) is 0 Å². The summed E-state index contributed by atoms with van der Waals surface area (Å²) in [5.74, 6) is 16.8. The average molecular weight is 761 g/mol. The monoisotopic (exact) mass is 760 g/mol. The Bertz CT molecular complexity index is 2160. The molecule has 1 unspecified atom stereocenters. The molecular formula is C44H36N6O7. The number of esters is 1. The van der Waals surface area contributed by atoms with Gasteiger partial charge in [0.1, 0.15) is 5.60 Å². The maximum absolute atomic E-state index is 11.8. The first-order valence-electron chi connectivity index (χ1n) is 16.5. The number of hydrogen-bond acceptors (Lipinski definition) is 9. The lowest BCUT2D eigenvalue weighted by Crippen LogP contribution is -2.28. The second kappa shape index (κ2) is 26.2. The summed E-state index contributed by atoms with van der Waals surface area (Å²) in [7, 11) is 0. The SMILES string of the molecule is C#CCNC(=O)Nc1ccc(C#CC#N)cc1.C#CCOC(=O)Nc1ccc(C#CC#N)cc1.CC(C)(C)OC(=O)CC(Cc1ccc(C#CC#N)cc1)C(=O)O. The largest absolute Gasteiger partial charge is 0.481 e. The quantitative estimate of drug-likeness (QED) is 0.157. The molecule has 0 aromatic heterocycles. The molecule has 3 rings (SSSR count). The van der Waals surface area contributed by atoms with Crippen LogP contribution in [0.3, 0.4) is 0 Å². The number of hydrogen-bond donors (Lipinski definition) is 4. The molecule has 3 amide bonds. The van der Waals surface area contributed by atoms with Crippen LogP contribution < -0.4 is 16.0 Å². The predicted molar refractivity (Wildman–Crippen MR) is 212 cm³/mol. The lowest BCUT2D eigenvalue weighted by atomic mass is 9.95. The first-order chi connectivity index (χ1) is 27.2. The average Bonchev–Trinajstić information content (AvgIpc) is 3.18. The van der Waals surface area contributed by atoms with Crippen LogP contribution in [-0.2, 0) is 25.5 Å². The highest BCUT2D eigenvalue weighted by molar-refractivity contribution is 5.89. The molecule has 3 aromatic carbocycles. The van der Waals surface area contributed by atoms with E-state index in [2.05, 4.69) is 68.1 Å². The number of amides is 3. The molecule has 0 spiro atoms. The van der Waals surface area contributed by atoms with Crippen molar-refractivity contribution < 1.29 is 33.8 Å². The number of anilines is 2. The van der Waals surface area contributed by atoms with E-state index in [0.717, 1.165) is 5.56 Å². The van der Waals surface area contributed by atoms with Crippen LogP contribution in [0.25, 0.3) is 0 Å². The summed E-state index contributed by atoms with van der Waals surface area (Å²) in [5.41, 5.74) is 3.41. The van der Waals surface area contributed by atoms with E-state index in [0.29, 0.717) is 28.1 Å². The Hall–Kier alpha value is -8.59. The van der Waals surface area contributed by atoms with Crippen molar-refractivity contribution in [1.29, 1.82) is 15.8 Å². The molecule has 284 valence electrons. The highest BCUT2D eigenvalue weighted by atomic mass is 16.6. The van der Waals surface area contributed by atoms with Crippen LogP contribution >= 0.6 is 0 Å². The van der Waals surface area contributed by atoms with Gasteiger partial charge in [-0.25, -0.2) is 9.59 Å². The standard InChI is InChI=1S/C18H19NO4.C13H9N3O.C13H8N2O2/c1-18(2,3)23-16(20)12-15(17(21)22)11-14-8-6-13(7-9-14)5-4-10-19;1-2-10-15-13(17)16-12-7-5-11(6-8-12)4-3-9-14;1-2-10-17-13(16)15-12-7-5-11(6-8-12)4-3-9-14/h6-9,15H,11-12H2,1-3H3,(H,21,22);1,5-8H,10H2,(H2,15,16,17);1,5-8H,10H2,(H,15,16). The topological polar surface area (TPSA) is 214 Å². The fourth-order valence-electron chi connectivity index (χ4n) is 3.98. The third-order valence-corrected chi connectivity index (χ3v) is 6.32. The van der Waals surface area contributed by atoms with Crippen molar-refractivity contribution in [2.75, 3.05) is 23.8 Å². The molecule has 0 fully saturated rings. The summed E-state index contributed by atoms with van der Waals surface area (Å²) in [4.78, 5) is 45.5. The summed E-state index contributed by atoms with van der Waals surface area (Å²) in [6.45, 7) is 5.32. The van der Waals surface area contributed by atoms with Crippen LogP contribution in [-0.4, -0.2) is 47.9 Å². The van der Waals surface area contributed by atoms with Gasteiger partial charge in [0, 0.05) is 45.8 Å². The van der Waals surface area contributed by atoms with Crippen LogP contribution in [0.15, 0.2) is 72.8 Å². The van der Waals surface area contributed by atoms with Gasteiger partial charge in [-0.05, 0) is 93.4 Å². The number of ether oxygens (including phenoxy) is 2. The Morgan fingerprint density at radius 3 is 1.58 bits per heavy atom. The molecular weight excluding hydrogens is 725 g/mol. The predicted octanol–water partition coefficient (Wildman–Crippen LogP) is 5.60. The first kappa shape index (κ1) is 46.4. The molecule has 0 radical (unpaired) electrons. The number of carboxylic acids is 1. The van der Waals surface area contributed by atoms with Gasteiger partial charge >= 0.3 is 24.1 Å². The molecule has 0 heterocycles. The molecule has 0 saturated carbocycles. The fraction of sp³-hybridized carbons (Fsp3) is 0.205. The second-order valence-electron chi connectivity index (χ2n) is 11.9. The van der Waals surface area contributed by atoms with E-state index >= 15 is 0 Å². The molecule has 57 heavy (non-hydrogen) atoms. The highest BCUT2D eigenvalue weighted by Crippen LogP contribution is 2.17. The molecule has 0 bridgehead atoms. The van der Waals surface area contributed by atoms with E-state index in [4.69, 9.17) is 33.4 Å². The number of rotatable bonds is 9. The van der Waals surface area contributed by atoms with Crippen LogP contribution in [0.5, 0.6) is 0 Å². The molecule has 0 aliphatic carbocycles. The number of terminal acetylenes is 2. The van der Waals surface area contributed by atoms with Crippen molar-refractivity contribution in [3.63, 3.8) is 0 Å². The maximum atomic E-state index is 11.8. The zero-order chi connectivity index (χ0) is 42.5. The van der Waals surface area contributed by atoms with Crippen molar-refractivity contribution in [2.24, 2.45) is 5.92 Å². The smallest absolute Gasteiger partial charge is 0.412 e. The van der Waals surface area contributed by atoms with Crippen molar-refractivity contribution in [3.05, 3.63) is 95.1 Å². The minimum Gasteiger partial charge on any atom is -0.481 e. The van der Waals surface area contributed by atoms with Gasteiger partial charge in [-0.15, -0.1) is 12.8 Å². The van der Waals surface area contributed by atoms with E-state index < -0.39 is 29.6 Å². The highest BCUT2D eigenvalue weighted by Gasteiger charge is 2.25. The lowest BCUT2D eigenvalue weighted by molar-refractivity contribution is -0.159. The van der Waals surface area contributed by atoms with Gasteiger partial charge in [0.15, 0.2) is 24.8 Å². The van der Waals surface area contributed by atoms with Gasteiger partial charge in [-0.3, -0.25) is 14.9 Å². The summed E-state index contributed by atoms with van der Waals surface area (Å²) >= 11 is 0. The summed E-state index contributed by atoms with van der Waals surface area (Å²) in [6, 6.07) is 25.2. The fourth-order valence-corrected chi connectivity index (χ4v) is 3.98. The van der Waals surface area contributed by atoms with E-state index in [1.165, 1.54) is 0 Å². The first-order valence-corrected chi connectivity index (χ1v) is 16.5. The van der Waals surface area contributed by atoms with Gasteiger partial charge in [-0.2, -0.15) is 15.8 Å². The second-order valence-corrected chi connectivity index (χ2v) is 11.9. The number of carbonyl (C=O) groups is 4. The van der Waals surface area contributed by atoms with Gasteiger partial charge in [0.05, 0.1) is 18.9 Å². The van der Waals surface area contributed by atoms with Crippen molar-refractivity contribution in [2.45, 2.75) is 39.2 Å². The molecule has 0 aliphatic heterocycles. The number of nitrogens with zero attached hydrogens (tertiary/aromatic N) is 3. The van der Waals surface area contributed by atoms with Crippen LogP contribution in [0, 0.1) is 100 Å². The number of aliphatic carboxylic acids is 1. The van der Waals surface area contributed by atoms with E-state index in [-0.39, 0.29) is 32.0 Å². The molecule has 3 aromatic rings. The molecule has 0 saturated heterocycles. The van der Waals surface area contributed by atoms with Crippen LogP contribution in [0.2, 0.25) is 0 Å². The lowest BCUT2D eigenvalue weighted by Gasteiger charge is -2.21. The molecule has 1 atom stereocenters. The summed E-state index contributed by atoms with van der Waals surface area (Å²) in [6.07, 6.45) is 9.38. The van der Waals surface area contributed by atoms with E-state index in [1.807, 2.05) is 0 Å². The Morgan fingerprint density at radius 2 is 1.18 bits per heavy atom. The number of nitriles is 3. The third kappa shape index (κ3) is 22.2. The zero-order valence-electron chi connectivity index (χ0n) is 31.2. The van der Waals surface area contributed by atoms with Crippen molar-refractivity contribution >= 4 is 35.4 Å². The Balaban J connectivity index is 0.000000435. The van der Waals surface area contributed by atoms with Gasteiger partial charge in [-0.1, -0.05) is 41.7 Å². The Morgan fingerprint density at radius 1 is 0.719 bits per heavy atom. The maximum Gasteiger partial charge on any atom is 0.412 e. The summed E-state index contributed by atoms with van der Waals surface area (Å²) < 4.78 is 9.80. The summed E-state index contributed by atoms with van der Waals surface area (Å²) in [5, 5.41) is 41.8. The minimum atomic E-state index is -1.04. The number of nitrogens with one attached hydrogen (secondary N) is 3. The zero-order valence-corrected chi connectivity index (χ0v) is 31.2. The third-order valence-electron chi connectivity index (χ3n) is 6.32. The van der Waals surface area contributed by atoms with Gasteiger partial charge < -0.3 is 25.2 Å².